The minimum Gasteiger partial charge on any atom is -0.296 e. The molecule has 5 nitrogen and oxygen atoms in total. The van der Waals surface area contributed by atoms with Gasteiger partial charge in [0, 0.05) is 12.5 Å². The Morgan fingerprint density at radius 1 is 1.36 bits per heavy atom. The topological polar surface area (TPSA) is 59.8 Å². The third-order valence-corrected chi connectivity index (χ3v) is 4.75. The third kappa shape index (κ3) is 3.62. The molecule has 0 bridgehead atoms. The number of aromatic nitrogens is 3. The number of nitrogens with one attached hydrogen (secondary N) is 1. The minimum atomic E-state index is -4.51. The van der Waals surface area contributed by atoms with Crippen LogP contribution in [0, 0.1) is 5.92 Å². The summed E-state index contributed by atoms with van der Waals surface area (Å²) in [5, 5.41) is 2.76. The molecule has 25 heavy (non-hydrogen) atoms. The fourth-order valence-corrected chi connectivity index (χ4v) is 2.85. The van der Waals surface area contributed by atoms with Crippen molar-refractivity contribution >= 4 is 23.0 Å². The highest BCUT2D eigenvalue weighted by Gasteiger charge is 2.34. The largest absolute Gasteiger partial charge is 0.433 e. The summed E-state index contributed by atoms with van der Waals surface area (Å²) in [7, 11) is 0. The molecule has 1 amide bonds. The quantitative estimate of drug-likeness (QED) is 0.857. The average Bonchev–Trinajstić information content (AvgIpc) is 2.82. The third-order valence-electron chi connectivity index (χ3n) is 4.75. The van der Waals surface area contributed by atoms with E-state index in [1.54, 1.807) is 4.57 Å². The van der Waals surface area contributed by atoms with E-state index >= 15 is 0 Å². The lowest BCUT2D eigenvalue weighted by molar-refractivity contribution is -0.141. The Morgan fingerprint density at radius 3 is 2.64 bits per heavy atom. The second-order valence-electron chi connectivity index (χ2n) is 6.69. The summed E-state index contributed by atoms with van der Waals surface area (Å²) in [5.41, 5.74) is -0.407. The number of anilines is 1. The molecule has 2 aromatic rings. The molecule has 136 valence electrons. The number of hydrogen-bond acceptors (Lipinski definition) is 3. The molecule has 2 aromatic heterocycles. The van der Waals surface area contributed by atoms with Gasteiger partial charge >= 0.3 is 6.18 Å². The maximum absolute atomic E-state index is 13.0. The van der Waals surface area contributed by atoms with Crippen LogP contribution >= 0.6 is 0 Å². The molecule has 1 atom stereocenters. The van der Waals surface area contributed by atoms with Crippen LogP contribution < -0.4 is 5.32 Å². The standard InChI is InChI=1S/C17H21F3N4O/c1-3-10(2)9-14(25)23-16-21-12-7-8-13(17(18,19)20)22-15(12)24(16)11-5-4-6-11/h7-8,10-11H,3-6,9H2,1-2H3,(H,21,23,25). The number of halogens is 3. The fraction of sp³-hybridized carbons (Fsp3) is 0.588. The van der Waals surface area contributed by atoms with Crippen molar-refractivity contribution in [2.75, 3.05) is 5.32 Å². The van der Waals surface area contributed by atoms with Crippen LogP contribution in [0.25, 0.3) is 11.2 Å². The minimum absolute atomic E-state index is 0.0277. The molecular formula is C17H21F3N4O. The molecule has 0 spiro atoms. The number of imidazole rings is 1. The molecule has 1 saturated carbocycles. The number of carbonyl (C=O) groups excluding carboxylic acids is 1. The molecule has 1 fully saturated rings. The summed E-state index contributed by atoms with van der Waals surface area (Å²) in [4.78, 5) is 20.3. The molecule has 1 aliphatic rings. The first-order chi connectivity index (χ1) is 11.8. The van der Waals surface area contributed by atoms with Crippen molar-refractivity contribution in [3.8, 4) is 0 Å². The van der Waals surface area contributed by atoms with Gasteiger partial charge in [0.15, 0.2) is 5.65 Å². The highest BCUT2D eigenvalue weighted by atomic mass is 19.4. The van der Waals surface area contributed by atoms with Crippen molar-refractivity contribution in [3.05, 3.63) is 17.8 Å². The Balaban J connectivity index is 1.98. The normalized spacial score (nSPS) is 16.7. The molecule has 0 aliphatic heterocycles. The summed E-state index contributed by atoms with van der Waals surface area (Å²) >= 11 is 0. The Morgan fingerprint density at radius 2 is 2.08 bits per heavy atom. The number of pyridine rings is 1. The van der Waals surface area contributed by atoms with Gasteiger partial charge in [0.1, 0.15) is 11.2 Å². The first-order valence-electron chi connectivity index (χ1n) is 8.55. The first kappa shape index (κ1) is 17.7. The zero-order valence-corrected chi connectivity index (χ0v) is 14.2. The van der Waals surface area contributed by atoms with Crippen LogP contribution in [0.4, 0.5) is 19.1 Å². The maximum Gasteiger partial charge on any atom is 0.433 e. The van der Waals surface area contributed by atoms with Crippen molar-refractivity contribution in [1.82, 2.24) is 14.5 Å². The SMILES string of the molecule is CCC(C)CC(=O)Nc1nc2ccc(C(F)(F)F)nc2n1C1CCC1. The monoisotopic (exact) mass is 354 g/mol. The van der Waals surface area contributed by atoms with Crippen LogP contribution in [0.15, 0.2) is 12.1 Å². The lowest BCUT2D eigenvalue weighted by Crippen LogP contribution is -2.23. The van der Waals surface area contributed by atoms with Gasteiger partial charge in [-0.25, -0.2) is 9.97 Å². The zero-order valence-electron chi connectivity index (χ0n) is 14.2. The lowest BCUT2D eigenvalue weighted by atomic mass is 9.93. The molecule has 0 aromatic carbocycles. The summed E-state index contributed by atoms with van der Waals surface area (Å²) in [6.45, 7) is 3.98. The number of nitrogens with zero attached hydrogens (tertiary/aromatic N) is 3. The molecule has 1 aliphatic carbocycles. The Kier molecular flexibility index (Phi) is 4.71. The van der Waals surface area contributed by atoms with Crippen molar-refractivity contribution < 1.29 is 18.0 Å². The summed E-state index contributed by atoms with van der Waals surface area (Å²) in [6.07, 6.45) is -0.587. The fourth-order valence-electron chi connectivity index (χ4n) is 2.85. The van der Waals surface area contributed by atoms with Gasteiger partial charge < -0.3 is 0 Å². The Hall–Kier alpha value is -2.12. The van der Waals surface area contributed by atoms with Crippen molar-refractivity contribution in [1.29, 1.82) is 0 Å². The van der Waals surface area contributed by atoms with Crippen molar-refractivity contribution in [3.63, 3.8) is 0 Å². The van der Waals surface area contributed by atoms with Crippen LogP contribution in [0.1, 0.15) is 57.7 Å². The molecule has 1 unspecified atom stereocenters. The Bertz CT molecular complexity index is 780. The van der Waals surface area contributed by atoms with Gasteiger partial charge in [-0.15, -0.1) is 0 Å². The number of fused-ring (bicyclic) bond motifs is 1. The smallest absolute Gasteiger partial charge is 0.296 e. The number of hydrogen-bond donors (Lipinski definition) is 1. The van der Waals surface area contributed by atoms with Gasteiger partial charge in [0.25, 0.3) is 0 Å². The summed E-state index contributed by atoms with van der Waals surface area (Å²) < 4.78 is 40.6. The van der Waals surface area contributed by atoms with Crippen LogP contribution in [0.5, 0.6) is 0 Å². The van der Waals surface area contributed by atoms with Gasteiger partial charge in [-0.3, -0.25) is 14.7 Å². The van der Waals surface area contributed by atoms with Crippen LogP contribution in [-0.2, 0) is 11.0 Å². The molecule has 1 N–H and O–H groups in total. The van der Waals surface area contributed by atoms with Gasteiger partial charge in [0.2, 0.25) is 11.9 Å². The lowest BCUT2D eigenvalue weighted by Gasteiger charge is -2.28. The highest BCUT2D eigenvalue weighted by molar-refractivity contribution is 5.91. The predicted molar refractivity (Wildman–Crippen MR) is 88.1 cm³/mol. The second kappa shape index (κ2) is 6.65. The van der Waals surface area contributed by atoms with Crippen molar-refractivity contribution in [2.24, 2.45) is 5.92 Å². The van der Waals surface area contributed by atoms with E-state index in [9.17, 15) is 18.0 Å². The van der Waals surface area contributed by atoms with Crippen LogP contribution in [-0.4, -0.2) is 20.4 Å². The predicted octanol–water partition coefficient (Wildman–Crippen LogP) is 4.55. The van der Waals surface area contributed by atoms with E-state index < -0.39 is 11.9 Å². The Labute approximate surface area is 143 Å². The van der Waals surface area contributed by atoms with E-state index in [-0.39, 0.29) is 23.5 Å². The van der Waals surface area contributed by atoms with Gasteiger partial charge in [-0.1, -0.05) is 20.3 Å². The summed E-state index contributed by atoms with van der Waals surface area (Å²) in [6, 6.07) is 2.26. The van der Waals surface area contributed by atoms with E-state index in [4.69, 9.17) is 0 Å². The highest BCUT2D eigenvalue weighted by Crippen LogP contribution is 2.38. The molecule has 3 rings (SSSR count). The van der Waals surface area contributed by atoms with Crippen molar-refractivity contribution in [2.45, 2.75) is 58.2 Å². The van der Waals surface area contributed by atoms with E-state index in [0.717, 1.165) is 31.7 Å². The molecule has 2 heterocycles. The zero-order chi connectivity index (χ0) is 18.2. The number of amides is 1. The van der Waals surface area contributed by atoms with Crippen LogP contribution in [0.3, 0.4) is 0 Å². The molecule has 0 radical (unpaired) electrons. The number of alkyl halides is 3. The first-order valence-corrected chi connectivity index (χ1v) is 8.55. The molecule has 8 heteroatoms. The molecule has 0 saturated heterocycles. The summed E-state index contributed by atoms with van der Waals surface area (Å²) in [5.74, 6) is 0.345. The maximum atomic E-state index is 13.0. The van der Waals surface area contributed by atoms with Gasteiger partial charge in [-0.2, -0.15) is 13.2 Å². The molecular weight excluding hydrogens is 333 g/mol. The van der Waals surface area contributed by atoms with E-state index in [1.165, 1.54) is 6.07 Å². The van der Waals surface area contributed by atoms with E-state index in [0.29, 0.717) is 17.9 Å². The second-order valence-corrected chi connectivity index (χ2v) is 6.69. The average molecular weight is 354 g/mol. The van der Waals surface area contributed by atoms with Gasteiger partial charge in [0.05, 0.1) is 0 Å². The van der Waals surface area contributed by atoms with Crippen LogP contribution in [0.2, 0.25) is 0 Å². The van der Waals surface area contributed by atoms with E-state index in [1.807, 2.05) is 13.8 Å². The van der Waals surface area contributed by atoms with Gasteiger partial charge in [-0.05, 0) is 37.3 Å². The number of carbonyl (C=O) groups is 1. The number of rotatable bonds is 5. The van der Waals surface area contributed by atoms with E-state index in [2.05, 4.69) is 15.3 Å².